The second-order valence-corrected chi connectivity index (χ2v) is 18.8. The second kappa shape index (κ2) is 22.8. The van der Waals surface area contributed by atoms with Crippen molar-refractivity contribution in [3.05, 3.63) is 137 Å². The molecule has 1 heterocycles. The predicted molar refractivity (Wildman–Crippen MR) is 262 cm³/mol. The van der Waals surface area contributed by atoms with E-state index < -0.39 is 47.1 Å². The van der Waals surface area contributed by atoms with Crippen molar-refractivity contribution >= 4 is 23.4 Å². The number of nitrogens with one attached hydrogen (secondary N) is 1. The number of fused-ring (bicyclic) bond motifs is 2. The van der Waals surface area contributed by atoms with Crippen LogP contribution in [-0.2, 0) is 16.1 Å². The minimum absolute atomic E-state index is 0.00756. The highest BCUT2D eigenvalue weighted by atomic mass is 19.1. The Morgan fingerprint density at radius 1 is 0.957 bits per heavy atom. The third-order valence-corrected chi connectivity index (χ3v) is 13.1. The monoisotopic (exact) mass is 958 g/mol. The Morgan fingerprint density at radius 3 is 2.33 bits per heavy atom. The van der Waals surface area contributed by atoms with E-state index in [1.807, 2.05) is 26.8 Å². The Hall–Kier alpha value is -6.73. The standard InChI is InChI=1S/C55H63FN4O10/c1-7-28-67-55-49(60(34-36-16-20-39(56)21-17-36)52(63)37-18-14-35(33-57)15-19-37)32-46(59-70-54(2,3)4)43-29-38(12-8-10-26-61)42(13-9-11-27-62)50(51(43)55)44-30-41(23-25-47(44)69-55)68-53(64)58-45-24-22-40(65-5)31-48(45)66-6/h7,14-25,29-31,38,42,49-51,61-62H,1,8-13,26-28,32,34H2,2-6H3,(H,58,64). The number of ether oxygens (including phenoxy) is 5. The third kappa shape index (κ3) is 11.5. The molecular weight excluding hydrogens is 896 g/mol. The van der Waals surface area contributed by atoms with Gasteiger partial charge in [-0.25, -0.2) is 9.18 Å². The van der Waals surface area contributed by atoms with Gasteiger partial charge in [-0.15, -0.1) is 6.58 Å². The van der Waals surface area contributed by atoms with Crippen LogP contribution in [0.4, 0.5) is 14.9 Å². The molecule has 0 saturated heterocycles. The number of amides is 2. The number of carbonyl (C=O) groups is 2. The zero-order chi connectivity index (χ0) is 50.0. The number of benzene rings is 4. The van der Waals surface area contributed by atoms with Gasteiger partial charge in [0.1, 0.15) is 40.5 Å². The van der Waals surface area contributed by atoms with Crippen molar-refractivity contribution in [1.82, 2.24) is 4.90 Å². The first-order chi connectivity index (χ1) is 33.8. The molecule has 15 heteroatoms. The lowest BCUT2D eigenvalue weighted by atomic mass is 9.55. The van der Waals surface area contributed by atoms with Crippen LogP contribution in [0, 0.1) is 34.9 Å². The minimum Gasteiger partial charge on any atom is -0.497 e. The number of hydrogen-bond acceptors (Lipinski definition) is 12. The fourth-order valence-corrected chi connectivity index (χ4v) is 10.0. The predicted octanol–water partition coefficient (Wildman–Crippen LogP) is 10.1. The van der Waals surface area contributed by atoms with Crippen LogP contribution < -0.4 is 24.3 Å². The summed E-state index contributed by atoms with van der Waals surface area (Å²) in [6.45, 7) is 9.81. The van der Waals surface area contributed by atoms with Crippen molar-refractivity contribution < 1.29 is 52.7 Å². The number of halogens is 1. The van der Waals surface area contributed by atoms with Crippen LogP contribution >= 0.6 is 0 Å². The molecule has 70 heavy (non-hydrogen) atoms. The normalized spacial score (nSPS) is 21.7. The summed E-state index contributed by atoms with van der Waals surface area (Å²) in [4.78, 5) is 37.0. The van der Waals surface area contributed by atoms with E-state index in [0.29, 0.717) is 71.0 Å². The topological polar surface area (TPSA) is 181 Å². The van der Waals surface area contributed by atoms with E-state index in [9.17, 15) is 24.7 Å². The number of rotatable bonds is 20. The Bertz CT molecular complexity index is 2590. The molecule has 0 radical (unpaired) electrons. The average Bonchev–Trinajstić information content (AvgIpc) is 3.35. The van der Waals surface area contributed by atoms with Crippen LogP contribution in [0.3, 0.4) is 0 Å². The van der Waals surface area contributed by atoms with E-state index in [-0.39, 0.29) is 50.4 Å². The Morgan fingerprint density at radius 2 is 1.67 bits per heavy atom. The zero-order valence-corrected chi connectivity index (χ0v) is 40.5. The molecule has 14 nitrogen and oxygen atoms in total. The lowest BCUT2D eigenvalue weighted by Crippen LogP contribution is -2.70. The van der Waals surface area contributed by atoms with Gasteiger partial charge in [0.05, 0.1) is 49.8 Å². The van der Waals surface area contributed by atoms with Gasteiger partial charge in [-0.3, -0.25) is 10.1 Å². The maximum absolute atomic E-state index is 15.3. The number of hydrogen-bond donors (Lipinski definition) is 3. The number of nitriles is 1. The molecule has 4 aromatic rings. The fraction of sp³-hybridized carbons (Fsp3) is 0.418. The molecule has 1 saturated carbocycles. The molecule has 2 aliphatic carbocycles. The number of aliphatic hydroxyl groups is 2. The number of nitrogens with zero attached hydrogens (tertiary/aromatic N) is 3. The highest BCUT2D eigenvalue weighted by Gasteiger charge is 2.65. The first-order valence-electron chi connectivity index (χ1n) is 23.8. The summed E-state index contributed by atoms with van der Waals surface area (Å²) in [5.74, 6) is -2.14. The van der Waals surface area contributed by atoms with E-state index in [2.05, 4.69) is 24.0 Å². The molecule has 3 aliphatic rings. The molecule has 4 aromatic carbocycles. The number of oxime groups is 1. The molecule has 7 rings (SSSR count). The molecule has 370 valence electrons. The van der Waals surface area contributed by atoms with Crippen LogP contribution in [0.2, 0.25) is 0 Å². The first-order valence-corrected chi connectivity index (χ1v) is 23.8. The SMILES string of the molecule is C=CCOC12Oc3ccc(OC(=O)Nc4ccc(OC)cc4OC)cc3C3C(CCCCO)C(CCCCO)C=C(C(=NOC(C)(C)C)CC1N(Cc1ccc(F)cc1)C(=O)c1ccc(C#N)cc1)C32. The van der Waals surface area contributed by atoms with E-state index in [1.54, 1.807) is 77.7 Å². The minimum atomic E-state index is -1.63. The fourth-order valence-electron chi connectivity index (χ4n) is 10.0. The average molecular weight is 959 g/mol. The molecule has 2 amide bonds. The molecule has 3 N–H and O–H groups in total. The Labute approximate surface area is 409 Å². The quantitative estimate of drug-likeness (QED) is 0.0436. The summed E-state index contributed by atoms with van der Waals surface area (Å²) >= 11 is 0. The van der Waals surface area contributed by atoms with Crippen molar-refractivity contribution in [2.75, 3.05) is 39.4 Å². The number of unbranched alkanes of at least 4 members (excludes halogenated alkanes) is 2. The smallest absolute Gasteiger partial charge is 0.417 e. The number of allylic oxidation sites excluding steroid dienone is 1. The van der Waals surface area contributed by atoms with E-state index >= 15 is 4.79 Å². The van der Waals surface area contributed by atoms with Crippen LogP contribution in [-0.4, -0.2) is 84.3 Å². The summed E-state index contributed by atoms with van der Waals surface area (Å²) in [7, 11) is 3.02. The number of aliphatic hydroxyl groups excluding tert-OH is 2. The van der Waals surface area contributed by atoms with E-state index in [0.717, 1.165) is 24.0 Å². The Balaban J connectivity index is 1.45. The molecule has 0 aromatic heterocycles. The lowest BCUT2D eigenvalue weighted by Gasteiger charge is -2.60. The highest BCUT2D eigenvalue weighted by Crippen LogP contribution is 2.62. The van der Waals surface area contributed by atoms with Crippen molar-refractivity contribution in [3.63, 3.8) is 0 Å². The van der Waals surface area contributed by atoms with E-state index in [4.69, 9.17) is 33.7 Å². The maximum atomic E-state index is 15.3. The van der Waals surface area contributed by atoms with Crippen LogP contribution in [0.15, 0.2) is 114 Å². The number of methoxy groups -OCH3 is 2. The summed E-state index contributed by atoms with van der Waals surface area (Å²) in [6.07, 6.45) is 7.20. The van der Waals surface area contributed by atoms with Crippen molar-refractivity contribution in [1.29, 1.82) is 5.26 Å². The summed E-state index contributed by atoms with van der Waals surface area (Å²) in [5.41, 5.74) is 3.13. The second-order valence-electron chi connectivity index (χ2n) is 18.8. The third-order valence-electron chi connectivity index (χ3n) is 13.1. The molecular formula is C55H63FN4O10. The first kappa shape index (κ1) is 51.1. The van der Waals surface area contributed by atoms with Crippen molar-refractivity contribution in [2.45, 2.75) is 95.6 Å². The molecule has 0 spiro atoms. The largest absolute Gasteiger partial charge is 0.497 e. The zero-order valence-electron chi connectivity index (χ0n) is 40.5. The van der Waals surface area contributed by atoms with Gasteiger partial charge >= 0.3 is 6.09 Å². The molecule has 1 fully saturated rings. The summed E-state index contributed by atoms with van der Waals surface area (Å²) < 4.78 is 45.8. The Kier molecular flexibility index (Phi) is 16.6. The van der Waals surface area contributed by atoms with Crippen LogP contribution in [0.5, 0.6) is 23.0 Å². The number of carbonyl (C=O) groups excluding carboxylic acids is 2. The van der Waals surface area contributed by atoms with Crippen molar-refractivity contribution in [3.8, 4) is 29.1 Å². The van der Waals surface area contributed by atoms with Crippen LogP contribution in [0.25, 0.3) is 0 Å². The lowest BCUT2D eigenvalue weighted by molar-refractivity contribution is -0.255. The van der Waals surface area contributed by atoms with Gasteiger partial charge in [0.2, 0.25) is 5.79 Å². The van der Waals surface area contributed by atoms with Crippen molar-refractivity contribution in [2.24, 2.45) is 22.9 Å². The molecule has 6 atom stereocenters. The van der Waals surface area contributed by atoms with Gasteiger partial charge < -0.3 is 43.6 Å². The molecule has 6 unspecified atom stereocenters. The van der Waals surface area contributed by atoms with Crippen LogP contribution in [0.1, 0.15) is 98.7 Å². The van der Waals surface area contributed by atoms with Gasteiger partial charge in [0, 0.05) is 49.3 Å². The molecule has 0 bridgehead atoms. The van der Waals surface area contributed by atoms with Gasteiger partial charge in [-0.05, 0) is 136 Å². The molecule has 1 aliphatic heterocycles. The highest BCUT2D eigenvalue weighted by molar-refractivity contribution is 6.03. The summed E-state index contributed by atoms with van der Waals surface area (Å²) in [5, 5.41) is 37.4. The van der Waals surface area contributed by atoms with Gasteiger partial charge in [-0.1, -0.05) is 42.3 Å². The number of anilines is 1. The van der Waals surface area contributed by atoms with Gasteiger partial charge in [-0.2, -0.15) is 5.26 Å². The van der Waals surface area contributed by atoms with Gasteiger partial charge in [0.25, 0.3) is 5.91 Å². The van der Waals surface area contributed by atoms with E-state index in [1.165, 1.54) is 26.4 Å². The van der Waals surface area contributed by atoms with Gasteiger partial charge in [0.15, 0.2) is 0 Å². The summed E-state index contributed by atoms with van der Waals surface area (Å²) in [6, 6.07) is 23.8. The maximum Gasteiger partial charge on any atom is 0.417 e.